The number of benzene rings is 1. The molecule has 1 atom stereocenters. The Hall–Kier alpha value is -4.15. The second-order valence-electron chi connectivity index (χ2n) is 14.8. The summed E-state index contributed by atoms with van der Waals surface area (Å²) < 4.78 is 19.1. The fourth-order valence-corrected chi connectivity index (χ4v) is 7.82. The van der Waals surface area contributed by atoms with Crippen molar-refractivity contribution in [3.63, 3.8) is 0 Å². The number of carbonyl (C=O) groups excluding carboxylic acids is 4. The van der Waals surface area contributed by atoms with Gasteiger partial charge in [-0.1, -0.05) is 52.3 Å². The summed E-state index contributed by atoms with van der Waals surface area (Å²) in [6, 6.07) is 5.96. The molecule has 4 heterocycles. The summed E-state index contributed by atoms with van der Waals surface area (Å²) in [4.78, 5) is 69.3. The molecule has 0 aliphatic carbocycles. The standard InChI is InChI=1S/C40H51N5O8S2/c1-39(2)30-24-27(38(49)42(5)52-6)26-43(21-13-23-54-50)37(30)41-32(39)14-9-7-10-15-33-40(3,4)29-25-28(55-51)17-18-31(29)44(33)22-12-8-11-16-36(48)53-45-34(46)19-20-35(45)47/h7,9-10,14-15,17-18,24-26,37,50-51H,8,11-13,16,19-23H2,1-6H3/b10-7+,14-9+,33-15+. The monoisotopic (exact) mass is 793 g/mol. The van der Waals surface area contributed by atoms with Crippen molar-refractivity contribution in [3.8, 4) is 0 Å². The highest BCUT2D eigenvalue weighted by atomic mass is 32.2. The van der Waals surface area contributed by atoms with Gasteiger partial charge in [0.05, 0.1) is 12.7 Å². The number of allylic oxidation sites excluding steroid dienone is 6. The van der Waals surface area contributed by atoms with E-state index in [2.05, 4.69) is 43.6 Å². The molecular weight excluding hydrogens is 743 g/mol. The van der Waals surface area contributed by atoms with Crippen LogP contribution in [0.4, 0.5) is 5.69 Å². The van der Waals surface area contributed by atoms with Gasteiger partial charge in [-0.05, 0) is 78.9 Å². The van der Waals surface area contributed by atoms with E-state index in [0.29, 0.717) is 35.9 Å². The third-order valence-electron chi connectivity index (χ3n) is 10.5. The van der Waals surface area contributed by atoms with Gasteiger partial charge in [-0.3, -0.25) is 24.2 Å². The predicted molar refractivity (Wildman–Crippen MR) is 215 cm³/mol. The van der Waals surface area contributed by atoms with E-state index >= 15 is 0 Å². The minimum absolute atomic E-state index is 0.0640. The minimum atomic E-state index is -0.590. The van der Waals surface area contributed by atoms with Gasteiger partial charge < -0.3 is 23.7 Å². The van der Waals surface area contributed by atoms with Crippen LogP contribution < -0.4 is 4.90 Å². The van der Waals surface area contributed by atoms with Gasteiger partial charge in [0.1, 0.15) is 6.17 Å². The molecule has 2 N–H and O–H groups in total. The van der Waals surface area contributed by atoms with Crippen LogP contribution in [0.2, 0.25) is 0 Å². The molecule has 0 saturated carbocycles. The van der Waals surface area contributed by atoms with Crippen LogP contribution in [0.15, 0.2) is 87.6 Å². The molecule has 4 aliphatic rings. The van der Waals surface area contributed by atoms with Crippen molar-refractivity contribution in [1.82, 2.24) is 15.0 Å². The van der Waals surface area contributed by atoms with Crippen molar-refractivity contribution in [2.45, 2.75) is 89.1 Å². The third kappa shape index (κ3) is 9.29. The smallest absolute Gasteiger partial charge is 0.333 e. The first-order valence-electron chi connectivity index (χ1n) is 18.5. The molecule has 55 heavy (non-hydrogen) atoms. The Labute approximate surface area is 331 Å². The first kappa shape index (κ1) is 42.0. The lowest BCUT2D eigenvalue weighted by Gasteiger charge is -2.34. The second-order valence-corrected chi connectivity index (χ2v) is 16.1. The molecule has 5 rings (SSSR count). The Morgan fingerprint density at radius 2 is 1.75 bits per heavy atom. The lowest BCUT2D eigenvalue weighted by molar-refractivity contribution is -0.197. The number of amides is 3. The second kappa shape index (κ2) is 18.2. The minimum Gasteiger partial charge on any atom is -0.352 e. The Balaban J connectivity index is 1.29. The van der Waals surface area contributed by atoms with Crippen molar-refractivity contribution in [2.24, 2.45) is 10.4 Å². The van der Waals surface area contributed by atoms with Crippen LogP contribution in [-0.2, 0) is 34.3 Å². The number of carbonyl (C=O) groups is 4. The van der Waals surface area contributed by atoms with Gasteiger partial charge in [-0.2, -0.15) is 0 Å². The average molecular weight is 794 g/mol. The Bertz CT molecular complexity index is 1830. The van der Waals surface area contributed by atoms with Crippen molar-refractivity contribution in [3.05, 3.63) is 83.3 Å². The maximum absolute atomic E-state index is 13.1. The normalized spacial score (nSPS) is 20.7. The number of hydrogen-bond donors (Lipinski definition) is 2. The van der Waals surface area contributed by atoms with Crippen LogP contribution in [0.1, 0.15) is 78.2 Å². The average Bonchev–Trinajstić information content (AvgIpc) is 3.70. The summed E-state index contributed by atoms with van der Waals surface area (Å²) in [5.74, 6) is -1.24. The zero-order chi connectivity index (χ0) is 39.9. The van der Waals surface area contributed by atoms with Gasteiger partial charge in [0, 0.05) is 96.2 Å². The van der Waals surface area contributed by atoms with Crippen LogP contribution in [-0.4, -0.2) is 92.7 Å². The van der Waals surface area contributed by atoms with Gasteiger partial charge in [0.2, 0.25) is 0 Å². The molecule has 15 heteroatoms. The topological polar surface area (TPSA) is 153 Å². The molecular formula is C40H51N5O8S2. The van der Waals surface area contributed by atoms with Crippen LogP contribution in [0.25, 0.3) is 0 Å². The molecule has 0 spiro atoms. The number of unbranched alkanes of at least 4 members (excludes halogenated alkanes) is 2. The SMILES string of the molecule is CON(C)C(=O)C1=CN(CCCSO)C2N=C(/C=C/C=C/C=C3/N(CCCCCC(=O)ON4C(=O)CCC4=O)c4ccc(SO)cc4C3(C)C)C(C)(C)C2=C1. The van der Waals surface area contributed by atoms with E-state index in [1.807, 2.05) is 54.8 Å². The molecule has 1 saturated heterocycles. The van der Waals surface area contributed by atoms with Crippen molar-refractivity contribution in [2.75, 3.05) is 37.9 Å². The van der Waals surface area contributed by atoms with Gasteiger partial charge in [-0.15, -0.1) is 5.06 Å². The van der Waals surface area contributed by atoms with E-state index in [4.69, 9.17) is 14.7 Å². The molecule has 1 aromatic carbocycles. The summed E-state index contributed by atoms with van der Waals surface area (Å²) >= 11 is 1.52. The maximum Gasteiger partial charge on any atom is 0.333 e. The summed E-state index contributed by atoms with van der Waals surface area (Å²) in [7, 11) is 3.03. The summed E-state index contributed by atoms with van der Waals surface area (Å²) in [5.41, 5.74) is 4.87. The number of nitrogens with zero attached hydrogens (tertiary/aromatic N) is 5. The van der Waals surface area contributed by atoms with Crippen molar-refractivity contribution < 1.29 is 38.0 Å². The molecule has 0 bridgehead atoms. The molecule has 1 unspecified atom stereocenters. The number of likely N-dealkylation sites (N-methyl/N-ethyl adjacent to an activating group) is 1. The number of fused-ring (bicyclic) bond motifs is 2. The molecule has 296 valence electrons. The van der Waals surface area contributed by atoms with Gasteiger partial charge in [-0.25, -0.2) is 9.86 Å². The van der Waals surface area contributed by atoms with Gasteiger partial charge >= 0.3 is 5.97 Å². The van der Waals surface area contributed by atoms with Gasteiger partial charge in [0.15, 0.2) is 0 Å². The number of hydrogen-bond acceptors (Lipinski definition) is 13. The molecule has 0 aromatic heterocycles. The first-order valence-corrected chi connectivity index (χ1v) is 20.2. The first-order chi connectivity index (χ1) is 26.2. The number of hydroxylamine groups is 4. The molecule has 1 aromatic rings. The summed E-state index contributed by atoms with van der Waals surface area (Å²) in [6.07, 6.45) is 16.6. The van der Waals surface area contributed by atoms with Crippen LogP contribution in [0, 0.1) is 5.41 Å². The number of imide groups is 1. The summed E-state index contributed by atoms with van der Waals surface area (Å²) in [6.45, 7) is 9.86. The lowest BCUT2D eigenvalue weighted by atomic mass is 9.78. The largest absolute Gasteiger partial charge is 0.352 e. The van der Waals surface area contributed by atoms with E-state index in [1.54, 1.807) is 7.05 Å². The van der Waals surface area contributed by atoms with E-state index in [-0.39, 0.29) is 36.8 Å². The van der Waals surface area contributed by atoms with Crippen LogP contribution in [0.3, 0.4) is 0 Å². The third-order valence-corrected chi connectivity index (χ3v) is 11.4. The van der Waals surface area contributed by atoms with Crippen LogP contribution >= 0.6 is 24.1 Å². The molecule has 13 nitrogen and oxygen atoms in total. The van der Waals surface area contributed by atoms with Crippen molar-refractivity contribution >= 4 is 59.2 Å². The molecule has 1 fully saturated rings. The zero-order valence-electron chi connectivity index (χ0n) is 32.3. The maximum atomic E-state index is 13.1. The fraction of sp³-hybridized carbons (Fsp3) is 0.475. The molecule has 0 radical (unpaired) electrons. The number of rotatable bonds is 17. The highest BCUT2D eigenvalue weighted by Gasteiger charge is 2.44. The number of aliphatic imine (C=N–C) groups is 1. The Morgan fingerprint density at radius 3 is 2.44 bits per heavy atom. The lowest BCUT2D eigenvalue weighted by Crippen LogP contribution is -2.38. The predicted octanol–water partition coefficient (Wildman–Crippen LogP) is 7.06. The van der Waals surface area contributed by atoms with E-state index in [9.17, 15) is 28.3 Å². The van der Waals surface area contributed by atoms with Gasteiger partial charge in [0.25, 0.3) is 17.7 Å². The fourth-order valence-electron chi connectivity index (χ4n) is 7.26. The molecule has 4 aliphatic heterocycles. The van der Waals surface area contributed by atoms with Crippen LogP contribution in [0.5, 0.6) is 0 Å². The van der Waals surface area contributed by atoms with E-state index < -0.39 is 23.2 Å². The Morgan fingerprint density at radius 1 is 1.00 bits per heavy atom. The molecule has 3 amide bonds. The Kier molecular flexibility index (Phi) is 13.9. The summed E-state index contributed by atoms with van der Waals surface area (Å²) in [5, 5.41) is 1.79. The zero-order valence-corrected chi connectivity index (χ0v) is 34.0. The quantitative estimate of drug-likeness (QED) is 0.0546. The van der Waals surface area contributed by atoms with E-state index in [1.165, 1.54) is 12.2 Å². The van der Waals surface area contributed by atoms with E-state index in [0.717, 1.165) is 76.5 Å². The number of anilines is 1. The van der Waals surface area contributed by atoms with Crippen molar-refractivity contribution in [1.29, 1.82) is 0 Å². The highest BCUT2D eigenvalue weighted by Crippen LogP contribution is 2.49. The highest BCUT2D eigenvalue weighted by molar-refractivity contribution is 7.94.